The second-order valence-corrected chi connectivity index (χ2v) is 6.37. The van der Waals surface area contributed by atoms with E-state index in [0.717, 1.165) is 39.2 Å². The van der Waals surface area contributed by atoms with Gasteiger partial charge in [-0.3, -0.25) is 4.90 Å². The summed E-state index contributed by atoms with van der Waals surface area (Å²) < 4.78 is 5.82. The van der Waals surface area contributed by atoms with Gasteiger partial charge < -0.3 is 10.1 Å². The van der Waals surface area contributed by atoms with Crippen LogP contribution in [0.5, 0.6) is 0 Å². The monoisotopic (exact) mass is 290 g/mol. The van der Waals surface area contributed by atoms with Crippen LogP contribution in [0.15, 0.2) is 30.3 Å². The van der Waals surface area contributed by atoms with Crippen molar-refractivity contribution in [2.45, 2.75) is 39.3 Å². The average Bonchev–Trinajstić information content (AvgIpc) is 2.52. The number of benzene rings is 1. The number of ether oxygens (including phenoxy) is 1. The molecule has 0 radical (unpaired) electrons. The highest BCUT2D eigenvalue weighted by Crippen LogP contribution is 2.23. The van der Waals surface area contributed by atoms with E-state index in [2.05, 4.69) is 61.3 Å². The maximum Gasteiger partial charge on any atom is 0.0700 e. The summed E-state index contributed by atoms with van der Waals surface area (Å²) in [7, 11) is 0. The fraction of sp³-hybridized carbons (Fsp3) is 0.667. The first-order valence-electron chi connectivity index (χ1n) is 8.32. The molecular formula is C18H30N2O. The van der Waals surface area contributed by atoms with E-state index >= 15 is 0 Å². The Morgan fingerprint density at radius 2 is 2.00 bits per heavy atom. The van der Waals surface area contributed by atoms with Gasteiger partial charge in [-0.25, -0.2) is 0 Å². The van der Waals surface area contributed by atoms with Crippen molar-refractivity contribution in [1.29, 1.82) is 0 Å². The van der Waals surface area contributed by atoms with Crippen molar-refractivity contribution in [3.05, 3.63) is 35.9 Å². The van der Waals surface area contributed by atoms with Gasteiger partial charge in [0, 0.05) is 25.7 Å². The largest absolute Gasteiger partial charge is 0.376 e. The standard InChI is InChI=1S/C18H30N2O/c1-4-17-14-20(10-11-21-17)18(13-19-12-15(2)3)16-8-6-5-7-9-16/h5-9,15,17-19H,4,10-14H2,1-3H3. The molecule has 1 aliphatic rings. The van der Waals surface area contributed by atoms with Gasteiger partial charge in [-0.15, -0.1) is 0 Å². The van der Waals surface area contributed by atoms with Crippen LogP contribution in [0.2, 0.25) is 0 Å². The van der Waals surface area contributed by atoms with Crippen molar-refractivity contribution in [1.82, 2.24) is 10.2 Å². The first-order valence-corrected chi connectivity index (χ1v) is 8.32. The van der Waals surface area contributed by atoms with Crippen LogP contribution in [-0.4, -0.2) is 43.8 Å². The van der Waals surface area contributed by atoms with E-state index < -0.39 is 0 Å². The zero-order chi connectivity index (χ0) is 15.1. The molecule has 1 aromatic carbocycles. The summed E-state index contributed by atoms with van der Waals surface area (Å²) in [5.74, 6) is 0.689. The maximum absolute atomic E-state index is 5.82. The van der Waals surface area contributed by atoms with Gasteiger partial charge in [0.2, 0.25) is 0 Å². The van der Waals surface area contributed by atoms with Crippen molar-refractivity contribution in [3.63, 3.8) is 0 Å². The SMILES string of the molecule is CCC1CN(C(CNCC(C)C)c2ccccc2)CCO1. The lowest BCUT2D eigenvalue weighted by molar-refractivity contribution is -0.0448. The smallest absolute Gasteiger partial charge is 0.0700 e. The zero-order valence-corrected chi connectivity index (χ0v) is 13.7. The van der Waals surface area contributed by atoms with Gasteiger partial charge in [-0.05, 0) is 24.4 Å². The quantitative estimate of drug-likeness (QED) is 0.835. The molecule has 1 heterocycles. The van der Waals surface area contributed by atoms with E-state index in [1.807, 2.05) is 0 Å². The zero-order valence-electron chi connectivity index (χ0n) is 13.7. The molecule has 3 heteroatoms. The Hall–Kier alpha value is -0.900. The average molecular weight is 290 g/mol. The fourth-order valence-corrected chi connectivity index (χ4v) is 2.91. The summed E-state index contributed by atoms with van der Waals surface area (Å²) in [5.41, 5.74) is 1.41. The summed E-state index contributed by atoms with van der Waals surface area (Å²) in [6.45, 7) is 11.7. The van der Waals surface area contributed by atoms with Gasteiger partial charge in [0.1, 0.15) is 0 Å². The molecule has 3 nitrogen and oxygen atoms in total. The van der Waals surface area contributed by atoms with Crippen LogP contribution in [-0.2, 0) is 4.74 Å². The molecule has 1 aliphatic heterocycles. The highest BCUT2D eigenvalue weighted by molar-refractivity contribution is 5.19. The Labute approximate surface area is 129 Å². The van der Waals surface area contributed by atoms with Crippen LogP contribution in [0.4, 0.5) is 0 Å². The molecule has 2 rings (SSSR count). The van der Waals surface area contributed by atoms with Crippen LogP contribution < -0.4 is 5.32 Å². The number of rotatable bonds is 7. The molecule has 2 unspecified atom stereocenters. The summed E-state index contributed by atoms with van der Waals surface area (Å²) in [6, 6.07) is 11.3. The molecule has 0 aromatic heterocycles. The third-order valence-electron chi connectivity index (χ3n) is 4.14. The first-order chi connectivity index (χ1) is 10.2. The second kappa shape index (κ2) is 8.52. The van der Waals surface area contributed by atoms with E-state index in [-0.39, 0.29) is 0 Å². The highest BCUT2D eigenvalue weighted by atomic mass is 16.5. The van der Waals surface area contributed by atoms with Crippen molar-refractivity contribution in [3.8, 4) is 0 Å². The topological polar surface area (TPSA) is 24.5 Å². The van der Waals surface area contributed by atoms with Crippen molar-refractivity contribution in [2.75, 3.05) is 32.8 Å². The number of morpholine rings is 1. The van der Waals surface area contributed by atoms with Gasteiger partial charge in [-0.2, -0.15) is 0 Å². The van der Waals surface area contributed by atoms with E-state index in [0.29, 0.717) is 18.1 Å². The predicted molar refractivity (Wildman–Crippen MR) is 88.5 cm³/mol. The molecule has 21 heavy (non-hydrogen) atoms. The van der Waals surface area contributed by atoms with Gasteiger partial charge >= 0.3 is 0 Å². The Bertz CT molecular complexity index is 393. The first kappa shape index (κ1) is 16.5. The lowest BCUT2D eigenvalue weighted by atomic mass is 10.0. The summed E-state index contributed by atoms with van der Waals surface area (Å²) >= 11 is 0. The van der Waals surface area contributed by atoms with Crippen LogP contribution in [0.25, 0.3) is 0 Å². The van der Waals surface area contributed by atoms with Gasteiger partial charge in [0.25, 0.3) is 0 Å². The van der Waals surface area contributed by atoms with E-state index in [4.69, 9.17) is 4.74 Å². The highest BCUT2D eigenvalue weighted by Gasteiger charge is 2.26. The normalized spacial score (nSPS) is 21.6. The molecule has 1 aromatic rings. The Morgan fingerprint density at radius 3 is 2.67 bits per heavy atom. The number of hydrogen-bond acceptors (Lipinski definition) is 3. The van der Waals surface area contributed by atoms with Crippen molar-refractivity contribution in [2.24, 2.45) is 5.92 Å². The number of nitrogens with zero attached hydrogens (tertiary/aromatic N) is 1. The fourth-order valence-electron chi connectivity index (χ4n) is 2.91. The van der Waals surface area contributed by atoms with Gasteiger partial charge in [0.05, 0.1) is 12.7 Å². The van der Waals surface area contributed by atoms with Crippen LogP contribution >= 0.6 is 0 Å². The van der Waals surface area contributed by atoms with Crippen molar-refractivity contribution < 1.29 is 4.74 Å². The van der Waals surface area contributed by atoms with Crippen LogP contribution in [0.1, 0.15) is 38.8 Å². The Morgan fingerprint density at radius 1 is 1.24 bits per heavy atom. The molecule has 0 amide bonds. The molecule has 0 bridgehead atoms. The predicted octanol–water partition coefficient (Wildman–Crippen LogP) is 3.08. The van der Waals surface area contributed by atoms with Gasteiger partial charge in [-0.1, -0.05) is 51.1 Å². The molecule has 1 saturated heterocycles. The van der Waals surface area contributed by atoms with Crippen LogP contribution in [0.3, 0.4) is 0 Å². The van der Waals surface area contributed by atoms with Crippen molar-refractivity contribution >= 4 is 0 Å². The molecule has 0 saturated carbocycles. The lowest BCUT2D eigenvalue weighted by Crippen LogP contribution is -2.46. The Balaban J connectivity index is 2.04. The summed E-state index contributed by atoms with van der Waals surface area (Å²) in [4.78, 5) is 2.58. The summed E-state index contributed by atoms with van der Waals surface area (Å²) in [5, 5.41) is 3.63. The molecule has 0 spiro atoms. The van der Waals surface area contributed by atoms with E-state index in [1.165, 1.54) is 5.56 Å². The lowest BCUT2D eigenvalue weighted by Gasteiger charge is -2.38. The molecule has 2 atom stereocenters. The maximum atomic E-state index is 5.82. The number of hydrogen-bond donors (Lipinski definition) is 1. The minimum atomic E-state index is 0.384. The minimum Gasteiger partial charge on any atom is -0.376 e. The third-order valence-corrected chi connectivity index (χ3v) is 4.14. The van der Waals surface area contributed by atoms with E-state index in [1.54, 1.807) is 0 Å². The Kier molecular flexibility index (Phi) is 6.68. The number of nitrogens with one attached hydrogen (secondary N) is 1. The molecule has 118 valence electrons. The van der Waals surface area contributed by atoms with Crippen LogP contribution in [0, 0.1) is 5.92 Å². The summed E-state index contributed by atoms with van der Waals surface area (Å²) in [6.07, 6.45) is 1.48. The molecule has 0 aliphatic carbocycles. The molecular weight excluding hydrogens is 260 g/mol. The minimum absolute atomic E-state index is 0.384. The molecule has 1 N–H and O–H groups in total. The van der Waals surface area contributed by atoms with Gasteiger partial charge in [0.15, 0.2) is 0 Å². The third kappa shape index (κ3) is 5.10. The van der Waals surface area contributed by atoms with E-state index in [9.17, 15) is 0 Å². The molecule has 1 fully saturated rings. The second-order valence-electron chi connectivity index (χ2n) is 6.37.